The maximum absolute atomic E-state index is 5.75. The van der Waals surface area contributed by atoms with Gasteiger partial charge in [-0.2, -0.15) is 0 Å². The standard InChI is InChI=1S/C15H25NO2/c1-5-8-18-15-7-6-14(17-4)9-13(15)11-16-10-12(2)3/h6-7,9,12,16H,5,8,10-11H2,1-4H3. The van der Waals surface area contributed by atoms with E-state index >= 15 is 0 Å². The smallest absolute Gasteiger partial charge is 0.124 e. The summed E-state index contributed by atoms with van der Waals surface area (Å²) in [5.74, 6) is 2.48. The maximum atomic E-state index is 5.75. The average Bonchev–Trinajstić information content (AvgIpc) is 2.36. The topological polar surface area (TPSA) is 30.5 Å². The van der Waals surface area contributed by atoms with Crippen molar-refractivity contribution in [2.45, 2.75) is 33.7 Å². The number of nitrogens with one attached hydrogen (secondary N) is 1. The van der Waals surface area contributed by atoms with Crippen LogP contribution in [0.15, 0.2) is 18.2 Å². The highest BCUT2D eigenvalue weighted by molar-refractivity contribution is 5.40. The third-order valence-electron chi connectivity index (χ3n) is 2.60. The van der Waals surface area contributed by atoms with Crippen LogP contribution in [0, 0.1) is 5.92 Å². The molecule has 1 rings (SSSR count). The molecule has 0 atom stereocenters. The van der Waals surface area contributed by atoms with E-state index in [1.165, 1.54) is 0 Å². The van der Waals surface area contributed by atoms with Gasteiger partial charge in [-0.1, -0.05) is 20.8 Å². The molecule has 0 saturated heterocycles. The van der Waals surface area contributed by atoms with Gasteiger partial charge in [0.2, 0.25) is 0 Å². The minimum atomic E-state index is 0.649. The molecule has 0 aliphatic heterocycles. The van der Waals surface area contributed by atoms with Gasteiger partial charge in [-0.05, 0) is 37.1 Å². The van der Waals surface area contributed by atoms with Crippen LogP contribution in [0.3, 0.4) is 0 Å². The first-order valence-electron chi connectivity index (χ1n) is 6.67. The number of hydrogen-bond donors (Lipinski definition) is 1. The predicted octanol–water partition coefficient (Wildman–Crippen LogP) is 3.23. The Labute approximate surface area is 110 Å². The lowest BCUT2D eigenvalue weighted by Crippen LogP contribution is -2.19. The summed E-state index contributed by atoms with van der Waals surface area (Å²) in [6.07, 6.45) is 1.02. The molecule has 0 bridgehead atoms. The molecule has 3 nitrogen and oxygen atoms in total. The molecule has 102 valence electrons. The van der Waals surface area contributed by atoms with Crippen LogP contribution < -0.4 is 14.8 Å². The van der Waals surface area contributed by atoms with E-state index in [9.17, 15) is 0 Å². The van der Waals surface area contributed by atoms with E-state index in [0.29, 0.717) is 5.92 Å². The molecule has 1 aromatic carbocycles. The molecule has 0 saturated carbocycles. The average molecular weight is 251 g/mol. The number of benzene rings is 1. The molecule has 1 aromatic rings. The van der Waals surface area contributed by atoms with Gasteiger partial charge in [-0.3, -0.25) is 0 Å². The molecule has 0 radical (unpaired) electrons. The molecule has 0 unspecified atom stereocenters. The lowest BCUT2D eigenvalue weighted by atomic mass is 10.1. The van der Waals surface area contributed by atoms with Crippen molar-refractivity contribution in [3.8, 4) is 11.5 Å². The zero-order valence-electron chi connectivity index (χ0n) is 12.0. The van der Waals surface area contributed by atoms with Crippen LogP contribution in [0.4, 0.5) is 0 Å². The Balaban J connectivity index is 2.69. The number of hydrogen-bond acceptors (Lipinski definition) is 3. The fraction of sp³-hybridized carbons (Fsp3) is 0.600. The molecule has 0 spiro atoms. The fourth-order valence-corrected chi connectivity index (χ4v) is 1.67. The van der Waals surface area contributed by atoms with E-state index in [1.807, 2.05) is 18.2 Å². The van der Waals surface area contributed by atoms with Gasteiger partial charge >= 0.3 is 0 Å². The van der Waals surface area contributed by atoms with E-state index in [1.54, 1.807) is 7.11 Å². The third kappa shape index (κ3) is 4.96. The van der Waals surface area contributed by atoms with Gasteiger partial charge in [0.05, 0.1) is 13.7 Å². The summed E-state index contributed by atoms with van der Waals surface area (Å²) in [6, 6.07) is 5.97. The summed E-state index contributed by atoms with van der Waals surface area (Å²) < 4.78 is 11.0. The van der Waals surface area contributed by atoms with Gasteiger partial charge in [0.25, 0.3) is 0 Å². The van der Waals surface area contributed by atoms with Crippen LogP contribution >= 0.6 is 0 Å². The highest BCUT2D eigenvalue weighted by atomic mass is 16.5. The molecule has 3 heteroatoms. The van der Waals surface area contributed by atoms with Crippen molar-refractivity contribution in [1.29, 1.82) is 0 Å². The first kappa shape index (κ1) is 14.8. The molecule has 0 heterocycles. The number of rotatable bonds is 8. The first-order chi connectivity index (χ1) is 8.67. The van der Waals surface area contributed by atoms with Crippen molar-refractivity contribution in [3.63, 3.8) is 0 Å². The molecule has 0 aromatic heterocycles. The summed E-state index contributed by atoms with van der Waals surface area (Å²) >= 11 is 0. The second kappa shape index (κ2) is 7.98. The van der Waals surface area contributed by atoms with Crippen LogP contribution in [-0.2, 0) is 6.54 Å². The Bertz CT molecular complexity index is 350. The molecular weight excluding hydrogens is 226 g/mol. The third-order valence-corrected chi connectivity index (χ3v) is 2.60. The lowest BCUT2D eigenvalue weighted by Gasteiger charge is -2.14. The highest BCUT2D eigenvalue weighted by Crippen LogP contribution is 2.24. The number of methoxy groups -OCH3 is 1. The Morgan fingerprint density at radius 3 is 2.67 bits per heavy atom. The zero-order valence-corrected chi connectivity index (χ0v) is 12.0. The maximum Gasteiger partial charge on any atom is 0.124 e. The van der Waals surface area contributed by atoms with Gasteiger partial charge in [-0.25, -0.2) is 0 Å². The summed E-state index contributed by atoms with van der Waals surface area (Å²) in [7, 11) is 1.69. The normalized spacial score (nSPS) is 10.7. The minimum absolute atomic E-state index is 0.649. The van der Waals surface area contributed by atoms with Gasteiger partial charge in [0.15, 0.2) is 0 Å². The molecule has 0 fully saturated rings. The zero-order chi connectivity index (χ0) is 13.4. The van der Waals surface area contributed by atoms with Crippen molar-refractivity contribution >= 4 is 0 Å². The van der Waals surface area contributed by atoms with Crippen LogP contribution in [0.25, 0.3) is 0 Å². The van der Waals surface area contributed by atoms with E-state index < -0.39 is 0 Å². The van der Waals surface area contributed by atoms with Crippen LogP contribution in [0.5, 0.6) is 11.5 Å². The highest BCUT2D eigenvalue weighted by Gasteiger charge is 2.06. The van der Waals surface area contributed by atoms with Crippen molar-refractivity contribution in [2.75, 3.05) is 20.3 Å². The Hall–Kier alpha value is -1.22. The van der Waals surface area contributed by atoms with Crippen LogP contribution in [0.2, 0.25) is 0 Å². The SMILES string of the molecule is CCCOc1ccc(OC)cc1CNCC(C)C. The van der Waals surface area contributed by atoms with Gasteiger partial charge < -0.3 is 14.8 Å². The van der Waals surface area contributed by atoms with Crippen molar-refractivity contribution in [2.24, 2.45) is 5.92 Å². The second-order valence-electron chi connectivity index (χ2n) is 4.85. The van der Waals surface area contributed by atoms with E-state index in [-0.39, 0.29) is 0 Å². The largest absolute Gasteiger partial charge is 0.497 e. The number of ether oxygens (including phenoxy) is 2. The molecule has 0 aliphatic rings. The van der Waals surface area contributed by atoms with Crippen molar-refractivity contribution in [1.82, 2.24) is 5.32 Å². The van der Waals surface area contributed by atoms with Crippen LogP contribution in [-0.4, -0.2) is 20.3 Å². The molecule has 0 aliphatic carbocycles. The molecule has 1 N–H and O–H groups in total. The lowest BCUT2D eigenvalue weighted by molar-refractivity contribution is 0.312. The predicted molar refractivity (Wildman–Crippen MR) is 75.3 cm³/mol. The van der Waals surface area contributed by atoms with Gasteiger partial charge in [0.1, 0.15) is 11.5 Å². The van der Waals surface area contributed by atoms with E-state index in [4.69, 9.17) is 9.47 Å². The van der Waals surface area contributed by atoms with Crippen molar-refractivity contribution in [3.05, 3.63) is 23.8 Å². The summed E-state index contributed by atoms with van der Waals surface area (Å²) in [6.45, 7) is 9.09. The Morgan fingerprint density at radius 2 is 2.06 bits per heavy atom. The quantitative estimate of drug-likeness (QED) is 0.769. The molecular formula is C15H25NO2. The molecule has 0 amide bonds. The minimum Gasteiger partial charge on any atom is -0.497 e. The van der Waals surface area contributed by atoms with Crippen LogP contribution in [0.1, 0.15) is 32.8 Å². The van der Waals surface area contributed by atoms with Gasteiger partial charge in [-0.15, -0.1) is 0 Å². The van der Waals surface area contributed by atoms with Gasteiger partial charge in [0, 0.05) is 12.1 Å². The summed E-state index contributed by atoms with van der Waals surface area (Å²) in [5, 5.41) is 3.43. The summed E-state index contributed by atoms with van der Waals surface area (Å²) in [5.41, 5.74) is 1.16. The Kier molecular flexibility index (Phi) is 6.58. The van der Waals surface area contributed by atoms with E-state index in [2.05, 4.69) is 26.1 Å². The first-order valence-corrected chi connectivity index (χ1v) is 6.67. The fourth-order valence-electron chi connectivity index (χ4n) is 1.67. The van der Waals surface area contributed by atoms with Crippen molar-refractivity contribution < 1.29 is 9.47 Å². The van der Waals surface area contributed by atoms with E-state index in [0.717, 1.165) is 43.2 Å². The summed E-state index contributed by atoms with van der Waals surface area (Å²) in [4.78, 5) is 0. The molecule has 18 heavy (non-hydrogen) atoms. The monoisotopic (exact) mass is 251 g/mol. The Morgan fingerprint density at radius 1 is 1.28 bits per heavy atom. The second-order valence-corrected chi connectivity index (χ2v) is 4.85.